The number of carbonyl (C=O) groups is 1. The number of nitrogens with two attached hydrogens (primary N) is 1. The summed E-state index contributed by atoms with van der Waals surface area (Å²) < 4.78 is 0. The lowest BCUT2D eigenvalue weighted by Crippen LogP contribution is -2.27. The van der Waals surface area contributed by atoms with Crippen molar-refractivity contribution in [1.29, 1.82) is 0 Å². The molecule has 104 valence electrons. The van der Waals surface area contributed by atoms with E-state index in [0.717, 1.165) is 12.1 Å². The normalized spacial score (nSPS) is 10.2. The van der Waals surface area contributed by atoms with Gasteiger partial charge in [-0.3, -0.25) is 15.6 Å². The lowest BCUT2D eigenvalue weighted by molar-refractivity contribution is 0.0993. The number of nitrogens with zero attached hydrogens (tertiary/aromatic N) is 2. The molecule has 5 nitrogen and oxygen atoms in total. The van der Waals surface area contributed by atoms with Gasteiger partial charge in [0.1, 0.15) is 0 Å². The van der Waals surface area contributed by atoms with Gasteiger partial charge in [0.15, 0.2) is 0 Å². The molecule has 3 N–H and O–H groups in total. The number of benzene rings is 1. The maximum Gasteiger partial charge on any atom is 0.261 e. The molecular weight excluding hydrogens is 252 g/mol. The second-order valence-corrected chi connectivity index (χ2v) is 4.45. The number of nitrogens with one attached hydrogen (secondary N) is 1. The molecule has 0 fully saturated rings. The Bertz CT molecular complexity index is 595. The molecule has 0 aliphatic heterocycles. The zero-order chi connectivity index (χ0) is 14.5. The smallest absolute Gasteiger partial charge is 0.261 e. The zero-order valence-electron chi connectivity index (χ0n) is 11.6. The van der Waals surface area contributed by atoms with Crippen molar-refractivity contribution in [1.82, 2.24) is 4.98 Å². The molecular formula is C15H18N4O. The molecule has 1 aromatic heterocycles. The largest absolute Gasteiger partial charge is 0.323 e. The molecule has 0 saturated heterocycles. The summed E-state index contributed by atoms with van der Waals surface area (Å²) in [6.45, 7) is 2.10. The molecule has 1 aromatic carbocycles. The van der Waals surface area contributed by atoms with Gasteiger partial charge in [0.05, 0.1) is 11.3 Å². The Kier molecular flexibility index (Phi) is 4.32. The van der Waals surface area contributed by atoms with Gasteiger partial charge < -0.3 is 10.3 Å². The number of pyridine rings is 1. The van der Waals surface area contributed by atoms with Crippen LogP contribution in [0, 0.1) is 0 Å². The molecule has 0 saturated carbocycles. The highest BCUT2D eigenvalue weighted by atomic mass is 16.2. The van der Waals surface area contributed by atoms with E-state index in [1.54, 1.807) is 24.2 Å². The van der Waals surface area contributed by atoms with Crippen LogP contribution in [0.15, 0.2) is 42.7 Å². The van der Waals surface area contributed by atoms with E-state index in [4.69, 9.17) is 5.84 Å². The molecule has 2 rings (SSSR count). The van der Waals surface area contributed by atoms with Gasteiger partial charge >= 0.3 is 0 Å². The summed E-state index contributed by atoms with van der Waals surface area (Å²) in [5, 5.41) is 0. The second kappa shape index (κ2) is 6.16. The van der Waals surface area contributed by atoms with E-state index in [1.165, 1.54) is 11.8 Å². The van der Waals surface area contributed by atoms with E-state index in [1.807, 2.05) is 24.3 Å². The number of rotatable bonds is 4. The Morgan fingerprint density at radius 1 is 1.30 bits per heavy atom. The third-order valence-electron chi connectivity index (χ3n) is 3.24. The van der Waals surface area contributed by atoms with Crippen molar-refractivity contribution >= 4 is 17.3 Å². The fourth-order valence-electron chi connectivity index (χ4n) is 1.94. The van der Waals surface area contributed by atoms with E-state index in [2.05, 4.69) is 17.3 Å². The summed E-state index contributed by atoms with van der Waals surface area (Å²) in [6, 6.07) is 9.57. The van der Waals surface area contributed by atoms with Gasteiger partial charge in [-0.2, -0.15) is 0 Å². The fraction of sp³-hybridized carbons (Fsp3) is 0.200. The van der Waals surface area contributed by atoms with Crippen LogP contribution in [-0.2, 0) is 6.42 Å². The molecule has 0 atom stereocenters. The van der Waals surface area contributed by atoms with Gasteiger partial charge in [0, 0.05) is 25.1 Å². The Balaban J connectivity index is 2.27. The van der Waals surface area contributed by atoms with Crippen molar-refractivity contribution in [2.75, 3.05) is 17.4 Å². The first-order valence-electron chi connectivity index (χ1n) is 6.45. The lowest BCUT2D eigenvalue weighted by atomic mass is 10.1. The zero-order valence-corrected chi connectivity index (χ0v) is 11.6. The van der Waals surface area contributed by atoms with E-state index in [9.17, 15) is 4.79 Å². The van der Waals surface area contributed by atoms with Crippen molar-refractivity contribution in [2.45, 2.75) is 13.3 Å². The van der Waals surface area contributed by atoms with Crippen LogP contribution in [0.1, 0.15) is 22.8 Å². The molecule has 5 heteroatoms. The summed E-state index contributed by atoms with van der Waals surface area (Å²) in [5.41, 5.74) is 5.58. The maximum atomic E-state index is 12.5. The second-order valence-electron chi connectivity index (χ2n) is 4.45. The summed E-state index contributed by atoms with van der Waals surface area (Å²) >= 11 is 0. The van der Waals surface area contributed by atoms with Crippen LogP contribution in [0.3, 0.4) is 0 Å². The van der Waals surface area contributed by atoms with Crippen LogP contribution >= 0.6 is 0 Å². The SMILES string of the molecule is CCc1ccc(N(C)C(=O)c2cnccc2NN)cc1. The monoisotopic (exact) mass is 270 g/mol. The van der Waals surface area contributed by atoms with Crippen molar-refractivity contribution in [3.8, 4) is 0 Å². The predicted molar refractivity (Wildman–Crippen MR) is 80.6 cm³/mol. The minimum atomic E-state index is -0.157. The molecule has 0 aliphatic carbocycles. The molecule has 20 heavy (non-hydrogen) atoms. The number of aryl methyl sites for hydroxylation is 1. The summed E-state index contributed by atoms with van der Waals surface area (Å²) in [6.07, 6.45) is 4.07. The van der Waals surface area contributed by atoms with E-state index in [0.29, 0.717) is 11.3 Å². The molecule has 1 amide bonds. The first kappa shape index (κ1) is 14.0. The van der Waals surface area contributed by atoms with Crippen molar-refractivity contribution in [3.63, 3.8) is 0 Å². The number of nitrogen functional groups attached to an aromatic ring is 1. The van der Waals surface area contributed by atoms with Gasteiger partial charge in [0.2, 0.25) is 0 Å². The molecule has 2 aromatic rings. The highest BCUT2D eigenvalue weighted by Gasteiger charge is 2.17. The topological polar surface area (TPSA) is 71.2 Å². The number of hydrogen-bond acceptors (Lipinski definition) is 4. The minimum Gasteiger partial charge on any atom is -0.323 e. The maximum absolute atomic E-state index is 12.5. The molecule has 0 aliphatic rings. The van der Waals surface area contributed by atoms with Crippen LogP contribution < -0.4 is 16.2 Å². The number of amides is 1. The van der Waals surface area contributed by atoms with Crippen LogP contribution in [0.2, 0.25) is 0 Å². The number of hydrogen-bond donors (Lipinski definition) is 2. The van der Waals surface area contributed by atoms with Gasteiger partial charge in [-0.25, -0.2) is 0 Å². The van der Waals surface area contributed by atoms with Gasteiger partial charge in [-0.05, 0) is 30.2 Å². The van der Waals surface area contributed by atoms with Crippen LogP contribution in [0.5, 0.6) is 0 Å². The lowest BCUT2D eigenvalue weighted by Gasteiger charge is -2.19. The number of hydrazine groups is 1. The Labute approximate surface area is 118 Å². The Morgan fingerprint density at radius 2 is 2.00 bits per heavy atom. The average Bonchev–Trinajstić information content (AvgIpc) is 2.53. The van der Waals surface area contributed by atoms with Crippen molar-refractivity contribution in [3.05, 3.63) is 53.9 Å². The van der Waals surface area contributed by atoms with E-state index >= 15 is 0 Å². The third-order valence-corrected chi connectivity index (χ3v) is 3.24. The molecule has 0 radical (unpaired) electrons. The number of aromatic nitrogens is 1. The van der Waals surface area contributed by atoms with E-state index < -0.39 is 0 Å². The first-order valence-corrected chi connectivity index (χ1v) is 6.45. The van der Waals surface area contributed by atoms with Gasteiger partial charge in [-0.1, -0.05) is 19.1 Å². The first-order chi connectivity index (χ1) is 9.67. The van der Waals surface area contributed by atoms with Crippen LogP contribution in [0.25, 0.3) is 0 Å². The predicted octanol–water partition coefficient (Wildman–Crippen LogP) is 2.21. The number of carbonyl (C=O) groups excluding carboxylic acids is 1. The Morgan fingerprint density at radius 3 is 2.60 bits per heavy atom. The van der Waals surface area contributed by atoms with Gasteiger partial charge in [0.25, 0.3) is 5.91 Å². The Hall–Kier alpha value is -2.40. The van der Waals surface area contributed by atoms with Gasteiger partial charge in [-0.15, -0.1) is 0 Å². The quantitative estimate of drug-likeness (QED) is 0.660. The standard InChI is InChI=1S/C15H18N4O/c1-3-11-4-6-12(7-5-11)19(2)15(20)13-10-17-9-8-14(13)18-16/h4-10H,3,16H2,1-2H3,(H,17,18). The fourth-order valence-corrected chi connectivity index (χ4v) is 1.94. The third kappa shape index (κ3) is 2.78. The summed E-state index contributed by atoms with van der Waals surface area (Å²) in [7, 11) is 1.73. The summed E-state index contributed by atoms with van der Waals surface area (Å²) in [4.78, 5) is 18.0. The molecule has 0 unspecified atom stereocenters. The van der Waals surface area contributed by atoms with Crippen LogP contribution in [0.4, 0.5) is 11.4 Å². The molecule has 0 bridgehead atoms. The minimum absolute atomic E-state index is 0.157. The van der Waals surface area contributed by atoms with Crippen LogP contribution in [-0.4, -0.2) is 17.9 Å². The van der Waals surface area contributed by atoms with E-state index in [-0.39, 0.29) is 5.91 Å². The highest BCUT2D eigenvalue weighted by molar-refractivity contribution is 6.09. The van der Waals surface area contributed by atoms with Crippen molar-refractivity contribution in [2.24, 2.45) is 5.84 Å². The number of anilines is 2. The van der Waals surface area contributed by atoms with Crippen molar-refractivity contribution < 1.29 is 4.79 Å². The molecule has 1 heterocycles. The summed E-state index contributed by atoms with van der Waals surface area (Å²) in [5.74, 6) is 5.26. The average molecular weight is 270 g/mol. The highest BCUT2D eigenvalue weighted by Crippen LogP contribution is 2.20. The molecule has 0 spiro atoms.